The Hall–Kier alpha value is -1.04. The van der Waals surface area contributed by atoms with Crippen molar-refractivity contribution in [1.29, 1.82) is 0 Å². The molecule has 17 heavy (non-hydrogen) atoms. The number of hydrogen-bond donors (Lipinski definition) is 2. The van der Waals surface area contributed by atoms with Gasteiger partial charge in [-0.15, -0.1) is 0 Å². The fourth-order valence-corrected chi connectivity index (χ4v) is 1.77. The zero-order valence-electron chi connectivity index (χ0n) is 9.75. The molecule has 0 amide bonds. The Labute approximate surface area is 99.2 Å². The molecular weight excluding hydrogens is 228 g/mol. The van der Waals surface area contributed by atoms with Crippen LogP contribution in [0.2, 0.25) is 0 Å². The highest BCUT2D eigenvalue weighted by Gasteiger charge is 2.32. The summed E-state index contributed by atoms with van der Waals surface area (Å²) < 4.78 is 31.6. The molecule has 0 bridgehead atoms. The average Bonchev–Trinajstić information content (AvgIpc) is 2.30. The van der Waals surface area contributed by atoms with Gasteiger partial charge in [0.1, 0.15) is 17.2 Å². The number of methoxy groups -OCH3 is 1. The third kappa shape index (κ3) is 3.46. The van der Waals surface area contributed by atoms with E-state index >= 15 is 0 Å². The molecular formula is C12H17F2NO2. The van der Waals surface area contributed by atoms with Crippen LogP contribution >= 0.6 is 0 Å². The van der Waals surface area contributed by atoms with Gasteiger partial charge in [-0.05, 0) is 37.6 Å². The summed E-state index contributed by atoms with van der Waals surface area (Å²) in [4.78, 5) is 0. The Kier molecular flexibility index (Phi) is 4.99. The predicted molar refractivity (Wildman–Crippen MR) is 60.4 cm³/mol. The Bertz CT molecular complexity index is 374. The van der Waals surface area contributed by atoms with Gasteiger partial charge in [-0.25, -0.2) is 8.78 Å². The van der Waals surface area contributed by atoms with Crippen LogP contribution in [0.1, 0.15) is 18.4 Å². The first-order valence-electron chi connectivity index (χ1n) is 5.40. The van der Waals surface area contributed by atoms with Gasteiger partial charge in [0, 0.05) is 12.7 Å². The molecule has 0 aliphatic rings. The molecule has 96 valence electrons. The van der Waals surface area contributed by atoms with Crippen LogP contribution in [0.3, 0.4) is 0 Å². The smallest absolute Gasteiger partial charge is 0.129 e. The van der Waals surface area contributed by atoms with Gasteiger partial charge in [0.2, 0.25) is 0 Å². The number of aliphatic hydroxyl groups is 1. The van der Waals surface area contributed by atoms with E-state index in [1.807, 2.05) is 0 Å². The maximum absolute atomic E-state index is 13.6. The normalized spacial score (nSPS) is 14.6. The summed E-state index contributed by atoms with van der Waals surface area (Å²) in [5, 5.41) is 10.3. The first-order chi connectivity index (χ1) is 8.03. The first-order valence-corrected chi connectivity index (χ1v) is 5.40. The lowest BCUT2D eigenvalue weighted by atomic mass is 9.89. The standard InChI is InChI=1S/C12H17F2NO2/c1-17-8-12(16,5-2-6-15)10-7-9(13)3-4-11(10)14/h3-4,7,16H,2,5-6,8,15H2,1H3. The number of nitrogens with two attached hydrogens (primary N) is 1. The maximum atomic E-state index is 13.6. The van der Waals surface area contributed by atoms with Crippen LogP contribution in [0.15, 0.2) is 18.2 Å². The lowest BCUT2D eigenvalue weighted by Gasteiger charge is -2.28. The van der Waals surface area contributed by atoms with Crippen molar-refractivity contribution in [3.8, 4) is 0 Å². The minimum atomic E-state index is -1.54. The van der Waals surface area contributed by atoms with Gasteiger partial charge in [-0.3, -0.25) is 0 Å². The van der Waals surface area contributed by atoms with E-state index in [9.17, 15) is 13.9 Å². The Balaban J connectivity index is 3.07. The molecule has 1 unspecified atom stereocenters. The van der Waals surface area contributed by atoms with Gasteiger partial charge in [0.25, 0.3) is 0 Å². The van der Waals surface area contributed by atoms with Gasteiger partial charge < -0.3 is 15.6 Å². The van der Waals surface area contributed by atoms with Crippen molar-refractivity contribution in [3.63, 3.8) is 0 Å². The summed E-state index contributed by atoms with van der Waals surface area (Å²) in [6.45, 7) is 0.260. The molecule has 0 aliphatic heterocycles. The summed E-state index contributed by atoms with van der Waals surface area (Å²) in [6.07, 6.45) is 0.716. The van der Waals surface area contributed by atoms with Crippen molar-refractivity contribution >= 4 is 0 Å². The van der Waals surface area contributed by atoms with Gasteiger partial charge in [-0.2, -0.15) is 0 Å². The molecule has 1 aromatic carbocycles. The molecule has 1 rings (SSSR count). The van der Waals surface area contributed by atoms with E-state index < -0.39 is 17.2 Å². The van der Waals surface area contributed by atoms with Crippen molar-refractivity contribution in [2.75, 3.05) is 20.3 Å². The Morgan fingerprint density at radius 1 is 1.41 bits per heavy atom. The second kappa shape index (κ2) is 6.05. The molecule has 0 radical (unpaired) electrons. The van der Waals surface area contributed by atoms with E-state index in [0.717, 1.165) is 18.2 Å². The van der Waals surface area contributed by atoms with Gasteiger partial charge in [0.05, 0.1) is 6.61 Å². The first kappa shape index (κ1) is 14.0. The molecule has 0 spiro atoms. The number of hydrogen-bond acceptors (Lipinski definition) is 3. The number of ether oxygens (including phenoxy) is 1. The third-order valence-electron chi connectivity index (χ3n) is 2.61. The van der Waals surface area contributed by atoms with Crippen LogP contribution < -0.4 is 5.73 Å². The minimum Gasteiger partial charge on any atom is -0.383 e. The molecule has 3 nitrogen and oxygen atoms in total. The zero-order chi connectivity index (χ0) is 12.9. The number of benzene rings is 1. The van der Waals surface area contributed by atoms with Crippen LogP contribution in [0, 0.1) is 11.6 Å². The van der Waals surface area contributed by atoms with Crippen LogP contribution in [-0.2, 0) is 10.3 Å². The summed E-state index contributed by atoms with van der Waals surface area (Å²) in [7, 11) is 1.39. The number of rotatable bonds is 6. The molecule has 0 aliphatic carbocycles. The quantitative estimate of drug-likeness (QED) is 0.799. The highest BCUT2D eigenvalue weighted by Crippen LogP contribution is 2.29. The molecule has 5 heteroatoms. The molecule has 0 fully saturated rings. The molecule has 0 saturated carbocycles. The van der Waals surface area contributed by atoms with Crippen LogP contribution in [0.25, 0.3) is 0 Å². The summed E-state index contributed by atoms with van der Waals surface area (Å²) in [5.41, 5.74) is 3.73. The number of halogens is 2. The SMILES string of the molecule is COCC(O)(CCCN)c1cc(F)ccc1F. The van der Waals surface area contributed by atoms with Crippen molar-refractivity contribution in [3.05, 3.63) is 35.4 Å². The van der Waals surface area contributed by atoms with Crippen molar-refractivity contribution < 1.29 is 18.6 Å². The third-order valence-corrected chi connectivity index (χ3v) is 2.61. The molecule has 0 saturated heterocycles. The largest absolute Gasteiger partial charge is 0.383 e. The fraction of sp³-hybridized carbons (Fsp3) is 0.500. The van der Waals surface area contributed by atoms with E-state index in [0.29, 0.717) is 13.0 Å². The fourth-order valence-electron chi connectivity index (χ4n) is 1.77. The van der Waals surface area contributed by atoms with Gasteiger partial charge >= 0.3 is 0 Å². The lowest BCUT2D eigenvalue weighted by Crippen LogP contribution is -2.33. The average molecular weight is 245 g/mol. The van der Waals surface area contributed by atoms with Crippen molar-refractivity contribution in [2.45, 2.75) is 18.4 Å². The second-order valence-corrected chi connectivity index (χ2v) is 3.98. The van der Waals surface area contributed by atoms with E-state index in [4.69, 9.17) is 10.5 Å². The van der Waals surface area contributed by atoms with Crippen LogP contribution in [0.5, 0.6) is 0 Å². The predicted octanol–water partition coefficient (Wildman–Crippen LogP) is 1.54. The highest BCUT2D eigenvalue weighted by molar-refractivity contribution is 5.25. The summed E-state index contributed by atoms with van der Waals surface area (Å²) in [5.74, 6) is -1.24. The van der Waals surface area contributed by atoms with Crippen molar-refractivity contribution in [1.82, 2.24) is 0 Å². The summed E-state index contributed by atoms with van der Waals surface area (Å²) >= 11 is 0. The Morgan fingerprint density at radius 2 is 2.12 bits per heavy atom. The van der Waals surface area contributed by atoms with Crippen LogP contribution in [0.4, 0.5) is 8.78 Å². The van der Waals surface area contributed by atoms with Crippen LogP contribution in [-0.4, -0.2) is 25.4 Å². The van der Waals surface area contributed by atoms with Gasteiger partial charge in [-0.1, -0.05) is 0 Å². The molecule has 0 heterocycles. The molecule has 0 aromatic heterocycles. The Morgan fingerprint density at radius 3 is 2.71 bits per heavy atom. The zero-order valence-corrected chi connectivity index (χ0v) is 9.75. The monoisotopic (exact) mass is 245 g/mol. The van der Waals surface area contributed by atoms with Crippen molar-refractivity contribution in [2.24, 2.45) is 5.73 Å². The molecule has 1 aromatic rings. The van der Waals surface area contributed by atoms with E-state index in [2.05, 4.69) is 0 Å². The molecule has 3 N–H and O–H groups in total. The lowest BCUT2D eigenvalue weighted by molar-refractivity contribution is -0.0455. The minimum absolute atomic E-state index is 0.0900. The topological polar surface area (TPSA) is 55.5 Å². The molecule has 1 atom stereocenters. The van der Waals surface area contributed by atoms with Gasteiger partial charge in [0.15, 0.2) is 0 Å². The highest BCUT2D eigenvalue weighted by atomic mass is 19.1. The van der Waals surface area contributed by atoms with E-state index in [1.165, 1.54) is 7.11 Å². The van der Waals surface area contributed by atoms with E-state index in [1.54, 1.807) is 0 Å². The maximum Gasteiger partial charge on any atom is 0.129 e. The second-order valence-electron chi connectivity index (χ2n) is 3.98. The van der Waals surface area contributed by atoms with E-state index in [-0.39, 0.29) is 18.6 Å². The summed E-state index contributed by atoms with van der Waals surface area (Å²) in [6, 6.07) is 2.99.